The number of likely N-dealkylation sites (tertiary alicyclic amines) is 1. The molecular weight excluding hydrogens is 244 g/mol. The third-order valence-electron chi connectivity index (χ3n) is 3.47. The van der Waals surface area contributed by atoms with Crippen molar-refractivity contribution in [3.63, 3.8) is 0 Å². The molecule has 19 heavy (non-hydrogen) atoms. The third-order valence-corrected chi connectivity index (χ3v) is 3.47. The van der Waals surface area contributed by atoms with Crippen LogP contribution < -0.4 is 11.0 Å². The summed E-state index contributed by atoms with van der Waals surface area (Å²) in [5.41, 5.74) is 0.324. The molecule has 1 aliphatic heterocycles. The van der Waals surface area contributed by atoms with Crippen molar-refractivity contribution >= 4 is 11.5 Å². The quantitative estimate of drug-likeness (QED) is 0.759. The largest absolute Gasteiger partial charge is 0.370 e. The number of rotatable bonds is 5. The molecule has 102 valence electrons. The van der Waals surface area contributed by atoms with E-state index in [0.717, 1.165) is 25.3 Å². The second-order valence-electron chi connectivity index (χ2n) is 4.86. The zero-order valence-corrected chi connectivity index (χ0v) is 10.8. The normalized spacial score (nSPS) is 16.2. The van der Waals surface area contributed by atoms with E-state index in [1.807, 2.05) is 0 Å². The molecule has 3 rings (SSSR count). The summed E-state index contributed by atoms with van der Waals surface area (Å²) in [6.45, 7) is 4.49. The second-order valence-corrected chi connectivity index (χ2v) is 4.86. The van der Waals surface area contributed by atoms with Crippen molar-refractivity contribution in [2.45, 2.75) is 19.3 Å². The predicted octanol–water partition coefficient (Wildman–Crippen LogP) is 0.315. The Morgan fingerprint density at radius 2 is 2.21 bits per heavy atom. The van der Waals surface area contributed by atoms with Gasteiger partial charge in [-0.2, -0.15) is 5.10 Å². The Morgan fingerprint density at radius 1 is 1.37 bits per heavy atom. The number of aromatic nitrogens is 4. The van der Waals surface area contributed by atoms with Crippen LogP contribution in [0.1, 0.15) is 19.3 Å². The summed E-state index contributed by atoms with van der Waals surface area (Å²) < 4.78 is 1.38. The molecule has 0 spiro atoms. The molecule has 0 saturated carbocycles. The van der Waals surface area contributed by atoms with E-state index in [1.54, 1.807) is 6.07 Å². The summed E-state index contributed by atoms with van der Waals surface area (Å²) in [5.74, 6) is 0.757. The number of H-pyrrole nitrogens is 1. The van der Waals surface area contributed by atoms with Crippen LogP contribution in [0.25, 0.3) is 5.65 Å². The van der Waals surface area contributed by atoms with Gasteiger partial charge in [0, 0.05) is 12.6 Å². The minimum absolute atomic E-state index is 0.261. The van der Waals surface area contributed by atoms with E-state index in [2.05, 4.69) is 25.4 Å². The lowest BCUT2D eigenvalue weighted by Gasteiger charge is -2.14. The summed E-state index contributed by atoms with van der Waals surface area (Å²) in [6, 6.07) is 1.77. The lowest BCUT2D eigenvalue weighted by atomic mass is 10.4. The first-order valence-electron chi connectivity index (χ1n) is 6.72. The molecular formula is C12H18N6O. The van der Waals surface area contributed by atoms with Crippen molar-refractivity contribution in [1.29, 1.82) is 0 Å². The molecule has 0 aromatic carbocycles. The summed E-state index contributed by atoms with van der Waals surface area (Å²) in [5, 5.41) is 9.56. The molecule has 1 saturated heterocycles. The molecule has 0 unspecified atom stereocenters. The SMILES string of the molecule is O=c1[nH]nc2cc(NCCCN3CCCC3)ncn12. The highest BCUT2D eigenvalue weighted by atomic mass is 16.1. The van der Waals surface area contributed by atoms with Gasteiger partial charge in [0.25, 0.3) is 0 Å². The number of nitrogens with one attached hydrogen (secondary N) is 2. The number of nitrogens with zero attached hydrogens (tertiary/aromatic N) is 4. The minimum Gasteiger partial charge on any atom is -0.370 e. The maximum absolute atomic E-state index is 11.3. The summed E-state index contributed by atoms with van der Waals surface area (Å²) in [6.07, 6.45) is 5.25. The average molecular weight is 262 g/mol. The summed E-state index contributed by atoms with van der Waals surface area (Å²) in [7, 11) is 0. The maximum atomic E-state index is 11.3. The predicted molar refractivity (Wildman–Crippen MR) is 72.4 cm³/mol. The van der Waals surface area contributed by atoms with Crippen LogP contribution in [0.5, 0.6) is 0 Å². The zero-order valence-electron chi connectivity index (χ0n) is 10.8. The number of anilines is 1. The highest BCUT2D eigenvalue weighted by molar-refractivity contribution is 5.48. The first kappa shape index (κ1) is 12.2. The van der Waals surface area contributed by atoms with Crippen molar-refractivity contribution in [2.24, 2.45) is 0 Å². The van der Waals surface area contributed by atoms with Gasteiger partial charge in [-0.15, -0.1) is 0 Å². The van der Waals surface area contributed by atoms with Crippen molar-refractivity contribution < 1.29 is 0 Å². The van der Waals surface area contributed by atoms with Crippen LogP contribution in [0, 0.1) is 0 Å². The van der Waals surface area contributed by atoms with E-state index >= 15 is 0 Å². The van der Waals surface area contributed by atoms with Gasteiger partial charge >= 0.3 is 5.69 Å². The Bertz CT molecular complexity index is 598. The fraction of sp³-hybridized carbons (Fsp3) is 0.583. The molecule has 0 radical (unpaired) electrons. The highest BCUT2D eigenvalue weighted by Gasteiger charge is 2.10. The van der Waals surface area contributed by atoms with Crippen LogP contribution in [0.3, 0.4) is 0 Å². The Labute approximate surface area is 110 Å². The van der Waals surface area contributed by atoms with Gasteiger partial charge in [0.15, 0.2) is 5.65 Å². The van der Waals surface area contributed by atoms with Crippen LogP contribution >= 0.6 is 0 Å². The standard InChI is InChI=1S/C12H18N6O/c19-12-16-15-11-8-10(14-9-18(11)12)13-4-3-7-17-5-1-2-6-17/h8-9,13H,1-7H2,(H,16,19). The van der Waals surface area contributed by atoms with Gasteiger partial charge < -0.3 is 10.2 Å². The number of hydrogen-bond donors (Lipinski definition) is 2. The van der Waals surface area contributed by atoms with Crippen molar-refractivity contribution in [1.82, 2.24) is 24.5 Å². The molecule has 2 N–H and O–H groups in total. The Kier molecular flexibility index (Phi) is 3.45. The van der Waals surface area contributed by atoms with E-state index < -0.39 is 0 Å². The van der Waals surface area contributed by atoms with E-state index in [-0.39, 0.29) is 5.69 Å². The number of aromatic amines is 1. The highest BCUT2D eigenvalue weighted by Crippen LogP contribution is 2.08. The fourth-order valence-electron chi connectivity index (χ4n) is 2.43. The van der Waals surface area contributed by atoms with Crippen LogP contribution in [-0.4, -0.2) is 50.7 Å². The number of fused-ring (bicyclic) bond motifs is 1. The molecule has 1 aliphatic rings. The first-order valence-corrected chi connectivity index (χ1v) is 6.72. The van der Waals surface area contributed by atoms with Crippen LogP contribution in [0.15, 0.2) is 17.2 Å². The molecule has 0 aliphatic carbocycles. The van der Waals surface area contributed by atoms with E-state index in [1.165, 1.54) is 36.7 Å². The third kappa shape index (κ3) is 2.76. The molecule has 0 atom stereocenters. The summed E-state index contributed by atoms with van der Waals surface area (Å²) >= 11 is 0. The molecule has 3 heterocycles. The van der Waals surface area contributed by atoms with Gasteiger partial charge in [-0.05, 0) is 38.9 Å². The molecule has 0 amide bonds. The first-order chi connectivity index (χ1) is 9.33. The molecule has 2 aromatic heterocycles. The second kappa shape index (κ2) is 5.40. The average Bonchev–Trinajstić information content (AvgIpc) is 3.05. The summed E-state index contributed by atoms with van der Waals surface area (Å²) in [4.78, 5) is 18.0. The van der Waals surface area contributed by atoms with Crippen molar-refractivity contribution in [3.05, 3.63) is 22.9 Å². The molecule has 0 bridgehead atoms. The monoisotopic (exact) mass is 262 g/mol. The van der Waals surface area contributed by atoms with Crippen molar-refractivity contribution in [3.8, 4) is 0 Å². The van der Waals surface area contributed by atoms with E-state index in [4.69, 9.17) is 0 Å². The molecule has 1 fully saturated rings. The van der Waals surface area contributed by atoms with Crippen LogP contribution in [-0.2, 0) is 0 Å². The van der Waals surface area contributed by atoms with Gasteiger partial charge in [0.1, 0.15) is 12.1 Å². The minimum atomic E-state index is -0.261. The smallest absolute Gasteiger partial charge is 0.348 e. The Morgan fingerprint density at radius 3 is 3.05 bits per heavy atom. The lowest BCUT2D eigenvalue weighted by molar-refractivity contribution is 0.337. The lowest BCUT2D eigenvalue weighted by Crippen LogP contribution is -2.22. The fourth-order valence-corrected chi connectivity index (χ4v) is 2.43. The van der Waals surface area contributed by atoms with Crippen LogP contribution in [0.4, 0.5) is 5.82 Å². The van der Waals surface area contributed by atoms with Gasteiger partial charge in [-0.3, -0.25) is 0 Å². The Hall–Kier alpha value is -1.89. The molecule has 7 nitrogen and oxygen atoms in total. The molecule has 7 heteroatoms. The van der Waals surface area contributed by atoms with Crippen molar-refractivity contribution in [2.75, 3.05) is 31.5 Å². The molecule has 2 aromatic rings. The maximum Gasteiger partial charge on any atom is 0.348 e. The topological polar surface area (TPSA) is 78.3 Å². The van der Waals surface area contributed by atoms with Gasteiger partial charge in [0.2, 0.25) is 0 Å². The van der Waals surface area contributed by atoms with E-state index in [0.29, 0.717) is 5.65 Å². The number of hydrogen-bond acceptors (Lipinski definition) is 5. The zero-order chi connectivity index (χ0) is 13.1. The Balaban J connectivity index is 1.52. The van der Waals surface area contributed by atoms with Gasteiger partial charge in [0.05, 0.1) is 0 Å². The van der Waals surface area contributed by atoms with Gasteiger partial charge in [-0.25, -0.2) is 19.3 Å². The van der Waals surface area contributed by atoms with E-state index in [9.17, 15) is 4.79 Å². The van der Waals surface area contributed by atoms with Gasteiger partial charge in [-0.1, -0.05) is 0 Å². The van der Waals surface area contributed by atoms with Crippen LogP contribution in [0.2, 0.25) is 0 Å².